The summed E-state index contributed by atoms with van der Waals surface area (Å²) in [5, 5.41) is 10.4. The molecule has 0 atom stereocenters. The molecule has 2 aromatic heterocycles. The van der Waals surface area contributed by atoms with E-state index in [4.69, 9.17) is 16.0 Å². The number of thioether (sulfide) groups is 1. The van der Waals surface area contributed by atoms with Crippen molar-refractivity contribution in [2.24, 2.45) is 0 Å². The van der Waals surface area contributed by atoms with Gasteiger partial charge in [0.25, 0.3) is 0 Å². The fourth-order valence-electron chi connectivity index (χ4n) is 2.76. The Kier molecular flexibility index (Phi) is 4.91. The summed E-state index contributed by atoms with van der Waals surface area (Å²) in [4.78, 5) is 24.5. The first-order valence-corrected chi connectivity index (χ1v) is 9.71. The van der Waals surface area contributed by atoms with Gasteiger partial charge >= 0.3 is 11.8 Å². The Labute approximate surface area is 164 Å². The summed E-state index contributed by atoms with van der Waals surface area (Å²) in [6.45, 7) is 0.140. The zero-order valence-corrected chi connectivity index (χ0v) is 15.6. The van der Waals surface area contributed by atoms with Crippen molar-refractivity contribution in [1.29, 1.82) is 0 Å². The van der Waals surface area contributed by atoms with Crippen LogP contribution in [0.15, 0.2) is 47.1 Å². The van der Waals surface area contributed by atoms with E-state index in [1.54, 1.807) is 46.8 Å². The molecule has 9 heteroatoms. The van der Waals surface area contributed by atoms with E-state index in [0.717, 1.165) is 22.8 Å². The molecule has 0 saturated heterocycles. The Bertz CT molecular complexity index is 1000. The maximum atomic E-state index is 12.4. The number of hydrogen-bond donors (Lipinski definition) is 2. The van der Waals surface area contributed by atoms with Crippen molar-refractivity contribution in [3.8, 4) is 5.69 Å². The van der Waals surface area contributed by atoms with Gasteiger partial charge in [-0.15, -0.1) is 0 Å². The standard InChI is InChI=1S/C18H15ClN4O3S/c19-11-3-1-4-12(7-11)23-16(14-9-27-10-15(14)22-23)21-18(25)17(24)20-8-13-5-2-6-26-13/h1-7H,8-10H2,(H,20,24)(H,21,25). The van der Waals surface area contributed by atoms with Crippen LogP contribution in [0.1, 0.15) is 17.0 Å². The average molecular weight is 403 g/mol. The summed E-state index contributed by atoms with van der Waals surface area (Å²) < 4.78 is 6.76. The monoisotopic (exact) mass is 402 g/mol. The highest BCUT2D eigenvalue weighted by atomic mass is 35.5. The number of rotatable bonds is 4. The van der Waals surface area contributed by atoms with Gasteiger partial charge in [0, 0.05) is 22.1 Å². The van der Waals surface area contributed by atoms with E-state index in [1.807, 2.05) is 6.07 Å². The molecule has 2 N–H and O–H groups in total. The van der Waals surface area contributed by atoms with Crippen molar-refractivity contribution >= 4 is 41.0 Å². The maximum Gasteiger partial charge on any atom is 0.314 e. The van der Waals surface area contributed by atoms with Crippen LogP contribution >= 0.6 is 23.4 Å². The van der Waals surface area contributed by atoms with Crippen LogP contribution in [-0.2, 0) is 27.6 Å². The molecular formula is C18H15ClN4O3S. The smallest absolute Gasteiger partial charge is 0.314 e. The normalized spacial score (nSPS) is 12.6. The third kappa shape index (κ3) is 3.72. The Morgan fingerprint density at radius 2 is 2.11 bits per heavy atom. The van der Waals surface area contributed by atoms with E-state index in [0.29, 0.717) is 22.3 Å². The summed E-state index contributed by atoms with van der Waals surface area (Å²) in [5.41, 5.74) is 2.53. The van der Waals surface area contributed by atoms with E-state index in [9.17, 15) is 9.59 Å². The second-order valence-electron chi connectivity index (χ2n) is 5.87. The van der Waals surface area contributed by atoms with Gasteiger partial charge in [-0.2, -0.15) is 16.9 Å². The number of furan rings is 1. The zero-order valence-electron chi connectivity index (χ0n) is 14.1. The number of nitrogens with zero attached hydrogens (tertiary/aromatic N) is 2. The molecule has 1 aliphatic heterocycles. The van der Waals surface area contributed by atoms with Crippen molar-refractivity contribution in [2.75, 3.05) is 5.32 Å². The molecule has 7 nitrogen and oxygen atoms in total. The molecule has 0 bridgehead atoms. The topological polar surface area (TPSA) is 89.2 Å². The second-order valence-corrected chi connectivity index (χ2v) is 7.30. The number of hydrogen-bond acceptors (Lipinski definition) is 5. The van der Waals surface area contributed by atoms with Crippen molar-refractivity contribution in [1.82, 2.24) is 15.1 Å². The number of carbonyl (C=O) groups is 2. The first-order valence-electron chi connectivity index (χ1n) is 8.18. The van der Waals surface area contributed by atoms with Crippen LogP contribution in [0.4, 0.5) is 5.82 Å². The van der Waals surface area contributed by atoms with Crippen LogP contribution in [0.25, 0.3) is 5.69 Å². The number of nitrogens with one attached hydrogen (secondary N) is 2. The van der Waals surface area contributed by atoms with Crippen LogP contribution in [0.2, 0.25) is 5.02 Å². The van der Waals surface area contributed by atoms with E-state index >= 15 is 0 Å². The zero-order chi connectivity index (χ0) is 18.8. The van der Waals surface area contributed by atoms with E-state index in [-0.39, 0.29) is 6.54 Å². The molecule has 2 amide bonds. The predicted molar refractivity (Wildman–Crippen MR) is 103 cm³/mol. The second kappa shape index (κ2) is 7.50. The Morgan fingerprint density at radius 1 is 1.22 bits per heavy atom. The van der Waals surface area contributed by atoms with Crippen molar-refractivity contribution in [3.63, 3.8) is 0 Å². The number of carbonyl (C=O) groups excluding carboxylic acids is 2. The maximum absolute atomic E-state index is 12.4. The van der Waals surface area contributed by atoms with Gasteiger partial charge in [-0.05, 0) is 30.3 Å². The van der Waals surface area contributed by atoms with E-state index in [1.165, 1.54) is 6.26 Å². The molecule has 0 spiro atoms. The van der Waals surface area contributed by atoms with Gasteiger partial charge in [0.05, 0.1) is 24.2 Å². The molecule has 0 unspecified atom stereocenters. The predicted octanol–water partition coefficient (Wildman–Crippen LogP) is 3.12. The van der Waals surface area contributed by atoms with E-state index < -0.39 is 11.8 Å². The van der Waals surface area contributed by atoms with Gasteiger partial charge in [0.2, 0.25) is 0 Å². The van der Waals surface area contributed by atoms with Crippen LogP contribution in [0, 0.1) is 0 Å². The van der Waals surface area contributed by atoms with Gasteiger partial charge < -0.3 is 15.1 Å². The Balaban J connectivity index is 1.56. The molecule has 0 aliphatic carbocycles. The molecular weight excluding hydrogens is 388 g/mol. The SMILES string of the molecule is O=C(NCc1ccco1)C(=O)Nc1c2c(nn1-c1cccc(Cl)c1)CSC2. The average Bonchev–Trinajstić information content (AvgIpc) is 3.38. The van der Waals surface area contributed by atoms with Gasteiger partial charge in [0.15, 0.2) is 0 Å². The van der Waals surface area contributed by atoms with Gasteiger partial charge in [-0.3, -0.25) is 9.59 Å². The molecule has 0 saturated carbocycles. The fourth-order valence-corrected chi connectivity index (χ4v) is 3.98. The van der Waals surface area contributed by atoms with Crippen molar-refractivity contribution < 1.29 is 14.0 Å². The molecule has 1 aromatic carbocycles. The number of halogens is 1. The molecule has 27 heavy (non-hydrogen) atoms. The van der Waals surface area contributed by atoms with Crippen molar-refractivity contribution in [3.05, 3.63) is 64.7 Å². The number of fused-ring (bicyclic) bond motifs is 1. The molecule has 0 fully saturated rings. The lowest BCUT2D eigenvalue weighted by Gasteiger charge is -2.11. The van der Waals surface area contributed by atoms with Gasteiger partial charge in [-0.25, -0.2) is 4.68 Å². The van der Waals surface area contributed by atoms with Crippen LogP contribution in [-0.4, -0.2) is 21.6 Å². The highest BCUT2D eigenvalue weighted by Gasteiger charge is 2.26. The summed E-state index contributed by atoms with van der Waals surface area (Å²) in [7, 11) is 0. The number of amides is 2. The Morgan fingerprint density at radius 3 is 2.89 bits per heavy atom. The number of aromatic nitrogens is 2. The summed E-state index contributed by atoms with van der Waals surface area (Å²) in [5.74, 6) is 1.04. The lowest BCUT2D eigenvalue weighted by atomic mass is 10.2. The summed E-state index contributed by atoms with van der Waals surface area (Å²) >= 11 is 7.79. The third-order valence-corrected chi connectivity index (χ3v) is 5.25. The molecule has 3 aromatic rings. The third-order valence-electron chi connectivity index (χ3n) is 4.05. The minimum atomic E-state index is -0.760. The number of anilines is 1. The highest BCUT2D eigenvalue weighted by molar-refractivity contribution is 7.98. The highest BCUT2D eigenvalue weighted by Crippen LogP contribution is 2.36. The van der Waals surface area contributed by atoms with Crippen LogP contribution in [0.3, 0.4) is 0 Å². The minimum absolute atomic E-state index is 0.140. The molecule has 4 rings (SSSR count). The minimum Gasteiger partial charge on any atom is -0.467 e. The molecule has 138 valence electrons. The molecule has 1 aliphatic rings. The van der Waals surface area contributed by atoms with Crippen molar-refractivity contribution in [2.45, 2.75) is 18.1 Å². The lowest BCUT2D eigenvalue weighted by molar-refractivity contribution is -0.136. The first-order chi connectivity index (χ1) is 13.1. The Hall–Kier alpha value is -2.71. The summed E-state index contributed by atoms with van der Waals surface area (Å²) in [6.07, 6.45) is 1.51. The van der Waals surface area contributed by atoms with Crippen LogP contribution < -0.4 is 10.6 Å². The quantitative estimate of drug-likeness (QED) is 0.654. The largest absolute Gasteiger partial charge is 0.467 e. The van der Waals surface area contributed by atoms with Crippen LogP contribution in [0.5, 0.6) is 0 Å². The van der Waals surface area contributed by atoms with Gasteiger partial charge in [-0.1, -0.05) is 17.7 Å². The summed E-state index contributed by atoms with van der Waals surface area (Å²) in [6, 6.07) is 10.6. The number of benzene rings is 1. The first kappa shape index (κ1) is 17.7. The van der Waals surface area contributed by atoms with E-state index in [2.05, 4.69) is 15.7 Å². The molecule has 0 radical (unpaired) electrons. The lowest BCUT2D eigenvalue weighted by Crippen LogP contribution is -2.35. The van der Waals surface area contributed by atoms with Gasteiger partial charge in [0.1, 0.15) is 11.6 Å². The molecule has 3 heterocycles. The fraction of sp³-hybridized carbons (Fsp3) is 0.167.